The van der Waals surface area contributed by atoms with Crippen LogP contribution in [-0.4, -0.2) is 209 Å². The maximum Gasteiger partial charge on any atom is 0.317 e. The number of aryl methyl sites for hydroxylation is 1. The molecule has 1 unspecified atom stereocenters. The molecule has 2 aliphatic rings. The molecule has 0 spiro atoms. The summed E-state index contributed by atoms with van der Waals surface area (Å²) in [6.07, 6.45) is 8.97. The molecule has 1 aromatic heterocycles. The largest absolute Gasteiger partial charge is 0.481 e. The van der Waals surface area contributed by atoms with Gasteiger partial charge in [-0.05, 0) is 73.2 Å². The molecule has 1 amide bonds. The molecule has 21 nitrogen and oxygen atoms in total. The van der Waals surface area contributed by atoms with E-state index in [1.54, 1.807) is 43.5 Å². The summed E-state index contributed by atoms with van der Waals surface area (Å²) in [6, 6.07) is 26.2. The van der Waals surface area contributed by atoms with Crippen molar-refractivity contribution in [2.45, 2.75) is 69.9 Å². The number of carbonyl (C=O) groups is 7. The molecule has 1 fully saturated rings. The fourth-order valence-corrected chi connectivity index (χ4v) is 10.5. The zero-order chi connectivity index (χ0) is 57.4. The van der Waals surface area contributed by atoms with Gasteiger partial charge in [0.2, 0.25) is 11.4 Å². The first-order chi connectivity index (χ1) is 37.0. The Kier molecular flexibility index (Phi) is 28.7. The number of pyridine rings is 1. The van der Waals surface area contributed by atoms with E-state index in [-0.39, 0.29) is 95.0 Å². The number of quaternary nitrogens is 1. The van der Waals surface area contributed by atoms with Gasteiger partial charge in [0.15, 0.2) is 12.7 Å². The quantitative estimate of drug-likeness (QED) is 0.0237. The molecule has 435 valence electrons. The standard InChI is InChI=1S/C52H68N8O9S.2C2H4O2.Cu/c1-54-45-14-8-9-15-46(45)70-48(54)33-40-21-23-58(44-13-7-6-12-43(40)44)22-11-31-60(2,3)30-10-4-5-16-47(61)53-41-19-17-39(18-20-41)32-42-34-57(37-51(66)67)27-26-55(35-49(62)63)24-25-56(36-50(64)65)28-29-59(42)38-52(68)69;2*1-2(3)4;/h6-9,12-15,17-21,23,33,42H,4-5,10-11,16,22,24-32,34-38H2,1-3H3,(H3-2,53,61,62,63,64,65,66,67,68,69);2*1H3,(H,3,4);/p+2/i;;;1+0. The predicted octanol–water partition coefficient (Wildman–Crippen LogP) is 4.98. The maximum atomic E-state index is 13.0. The molecule has 1 saturated heterocycles. The van der Waals surface area contributed by atoms with Crippen LogP contribution in [-0.2, 0) is 63.6 Å². The molecule has 0 aliphatic carbocycles. The molecule has 2 aliphatic heterocycles. The average Bonchev–Trinajstić information content (AvgIpc) is 3.72. The van der Waals surface area contributed by atoms with E-state index in [2.05, 4.69) is 103 Å². The molecule has 0 bridgehead atoms. The summed E-state index contributed by atoms with van der Waals surface area (Å²) in [5.74, 6) is -6.00. The Labute approximate surface area is 477 Å². The zero-order valence-corrected chi connectivity index (χ0v) is 47.5. The fourth-order valence-electron chi connectivity index (χ4n) is 9.37. The van der Waals surface area contributed by atoms with Crippen LogP contribution in [0, 0.1) is 0 Å². The Bertz CT molecular complexity index is 2680. The minimum Gasteiger partial charge on any atom is -0.481 e. The molecular weight excluding hydrogens is 1090 g/mol. The van der Waals surface area contributed by atoms with Gasteiger partial charge in [0.25, 0.3) is 11.9 Å². The van der Waals surface area contributed by atoms with Gasteiger partial charge >= 0.3 is 23.9 Å². The Balaban J connectivity index is 0.00000170. The Morgan fingerprint density at radius 1 is 0.658 bits per heavy atom. The molecule has 4 aromatic rings. The molecule has 1 atom stereocenters. The Hall–Kier alpha value is -6.43. The molecule has 0 saturated carbocycles. The minimum atomic E-state index is -1.07. The Morgan fingerprint density at radius 3 is 1.78 bits per heavy atom. The van der Waals surface area contributed by atoms with Crippen LogP contribution in [0.4, 0.5) is 11.4 Å². The van der Waals surface area contributed by atoms with Crippen molar-refractivity contribution >= 4 is 81.8 Å². The number of para-hydroxylation sites is 2. The van der Waals surface area contributed by atoms with Crippen molar-refractivity contribution in [1.82, 2.24) is 19.6 Å². The van der Waals surface area contributed by atoms with Crippen LogP contribution in [0.5, 0.6) is 0 Å². The number of carbonyl (C=O) groups excluding carboxylic acids is 1. The van der Waals surface area contributed by atoms with Crippen molar-refractivity contribution in [3.8, 4) is 0 Å². The van der Waals surface area contributed by atoms with Crippen molar-refractivity contribution in [1.29, 1.82) is 0 Å². The monoisotopic (exact) mass is 1170 g/mol. The topological polar surface area (TPSA) is 273 Å². The number of amides is 1. The van der Waals surface area contributed by atoms with Crippen LogP contribution in [0.1, 0.15) is 57.1 Å². The second kappa shape index (κ2) is 33.9. The number of carboxylic acids is 6. The summed E-state index contributed by atoms with van der Waals surface area (Å²) in [5.41, 5.74) is 5.13. The molecule has 3 aromatic carbocycles. The molecular formula is C56H78CuN8O13S+2. The number of rotatable bonds is 22. The van der Waals surface area contributed by atoms with Gasteiger partial charge in [0.05, 0.1) is 75.9 Å². The van der Waals surface area contributed by atoms with Gasteiger partial charge in [-0.25, -0.2) is 0 Å². The summed E-state index contributed by atoms with van der Waals surface area (Å²) in [4.78, 5) is 88.7. The fraction of sp³-hybridized carbons (Fsp3) is 0.464. The van der Waals surface area contributed by atoms with E-state index in [0.29, 0.717) is 18.5 Å². The van der Waals surface area contributed by atoms with Crippen LogP contribution < -0.4 is 14.8 Å². The number of thioether (sulfide) groups is 1. The maximum absolute atomic E-state index is 13.0. The minimum absolute atomic E-state index is 0. The van der Waals surface area contributed by atoms with Gasteiger partial charge in [-0.1, -0.05) is 48.2 Å². The third kappa shape index (κ3) is 25.1. The normalized spacial score (nSPS) is 16.1. The number of unbranched alkanes of at least 4 members (excludes halogenated alkanes) is 2. The first-order valence-corrected chi connectivity index (χ1v) is 26.8. The summed E-state index contributed by atoms with van der Waals surface area (Å²) >= 11 is 1.80. The van der Waals surface area contributed by atoms with E-state index >= 15 is 0 Å². The number of benzene rings is 3. The number of aromatic nitrogens is 1. The van der Waals surface area contributed by atoms with Gasteiger partial charge in [-0.3, -0.25) is 53.2 Å². The van der Waals surface area contributed by atoms with Gasteiger partial charge in [-0.2, -0.15) is 4.57 Å². The van der Waals surface area contributed by atoms with Crippen molar-refractivity contribution in [3.05, 3.63) is 101 Å². The van der Waals surface area contributed by atoms with Gasteiger partial charge in [-0.15, -0.1) is 0 Å². The second-order valence-electron chi connectivity index (χ2n) is 20.1. The van der Waals surface area contributed by atoms with Gasteiger partial charge in [0.1, 0.15) is 0 Å². The zero-order valence-electron chi connectivity index (χ0n) is 45.8. The van der Waals surface area contributed by atoms with Gasteiger partial charge in [0, 0.05) is 119 Å². The van der Waals surface area contributed by atoms with Crippen molar-refractivity contribution < 1.29 is 90.3 Å². The third-order valence-electron chi connectivity index (χ3n) is 13.1. The van der Waals surface area contributed by atoms with Crippen molar-refractivity contribution in [2.75, 3.05) is 116 Å². The average molecular weight is 1170 g/mol. The van der Waals surface area contributed by atoms with E-state index in [1.807, 2.05) is 12.1 Å². The van der Waals surface area contributed by atoms with Crippen molar-refractivity contribution in [2.24, 2.45) is 0 Å². The number of hydrogen-bond acceptors (Lipinski definition) is 13. The first-order valence-electron chi connectivity index (χ1n) is 26.0. The van der Waals surface area contributed by atoms with E-state index in [1.165, 1.54) is 32.1 Å². The molecule has 79 heavy (non-hydrogen) atoms. The van der Waals surface area contributed by atoms with Crippen LogP contribution in [0.2, 0.25) is 0 Å². The van der Waals surface area contributed by atoms with E-state index in [0.717, 1.165) is 69.2 Å². The molecule has 23 heteroatoms. The molecule has 3 heterocycles. The van der Waals surface area contributed by atoms with Crippen LogP contribution in [0.15, 0.2) is 95.0 Å². The summed E-state index contributed by atoms with van der Waals surface area (Å²) < 4.78 is 3.26. The van der Waals surface area contributed by atoms with Crippen LogP contribution in [0.25, 0.3) is 17.0 Å². The summed E-state index contributed by atoms with van der Waals surface area (Å²) in [7, 11) is 6.67. The number of hydrogen-bond donors (Lipinski definition) is 7. The van der Waals surface area contributed by atoms with Crippen molar-refractivity contribution in [3.63, 3.8) is 0 Å². The number of anilines is 2. The smallest absolute Gasteiger partial charge is 0.317 e. The second-order valence-corrected chi connectivity index (χ2v) is 21.2. The summed E-state index contributed by atoms with van der Waals surface area (Å²) in [5, 5.41) is 59.1. The number of nitrogens with one attached hydrogen (secondary N) is 1. The Morgan fingerprint density at radius 2 is 1.19 bits per heavy atom. The van der Waals surface area contributed by atoms with Gasteiger partial charge < -0.3 is 45.3 Å². The SMILES string of the molecule is CC(=O)O.CC(=O)O.CN1/C(=C/c2cc[n+](CCC[N+](C)(C)CCCCCC(=O)Nc3ccc(CC4CN(CC(=O)O)CCN(CC(=O)O)CCN(CC(=O)O)CCN4CC(=O)O)cc3)c3ccccc23)Sc2ccccc21.[64Cu]. The predicted molar refractivity (Wildman–Crippen MR) is 298 cm³/mol. The molecule has 7 N–H and O–H groups in total. The van der Waals surface area contributed by atoms with E-state index < -0.39 is 41.9 Å². The number of fused-ring (bicyclic) bond motifs is 2. The number of aliphatic carboxylic acids is 6. The molecule has 1 radical (unpaired) electrons. The third-order valence-corrected chi connectivity index (χ3v) is 14.3. The van der Waals surface area contributed by atoms with E-state index in [9.17, 15) is 44.4 Å². The molecule has 6 rings (SSSR count). The first kappa shape index (κ1) is 66.8. The van der Waals surface area contributed by atoms with Crippen LogP contribution >= 0.6 is 11.8 Å². The summed E-state index contributed by atoms with van der Waals surface area (Å²) in [6.45, 7) is 5.33. The number of carboxylic acid groups (broad SMARTS) is 6. The van der Waals surface area contributed by atoms with Crippen LogP contribution in [0.3, 0.4) is 0 Å². The number of nitrogens with zero attached hydrogens (tertiary/aromatic N) is 7. The van der Waals surface area contributed by atoms with E-state index in [4.69, 9.17) is 19.8 Å².